The van der Waals surface area contributed by atoms with Gasteiger partial charge in [-0.3, -0.25) is 4.79 Å². The second-order valence-corrected chi connectivity index (χ2v) is 4.76. The minimum absolute atomic E-state index is 0.118. The Morgan fingerprint density at radius 3 is 2.63 bits per heavy atom. The van der Waals surface area contributed by atoms with Crippen LogP contribution in [-0.2, 0) is 11.2 Å². The van der Waals surface area contributed by atoms with Crippen LogP contribution in [0.3, 0.4) is 0 Å². The van der Waals surface area contributed by atoms with E-state index in [1.165, 1.54) is 6.33 Å². The van der Waals surface area contributed by atoms with Crippen molar-refractivity contribution in [2.75, 3.05) is 5.32 Å². The van der Waals surface area contributed by atoms with Crippen molar-refractivity contribution in [2.24, 2.45) is 0 Å². The Hall–Kier alpha value is -1.65. The van der Waals surface area contributed by atoms with E-state index in [-0.39, 0.29) is 5.91 Å². The number of aryl methyl sites for hydroxylation is 1. The van der Waals surface area contributed by atoms with Gasteiger partial charge in [0.25, 0.3) is 0 Å². The Labute approximate surface area is 120 Å². The van der Waals surface area contributed by atoms with Crippen LogP contribution in [0.15, 0.2) is 36.9 Å². The Balaban J connectivity index is 1.91. The van der Waals surface area contributed by atoms with Gasteiger partial charge in [-0.2, -0.15) is 0 Å². The summed E-state index contributed by atoms with van der Waals surface area (Å²) in [7, 11) is 0. The Kier molecular flexibility index (Phi) is 4.71. The molecule has 19 heavy (non-hydrogen) atoms. The van der Waals surface area contributed by atoms with E-state index in [0.717, 1.165) is 5.56 Å². The highest BCUT2D eigenvalue weighted by atomic mass is 35.5. The van der Waals surface area contributed by atoms with Crippen molar-refractivity contribution >= 4 is 34.8 Å². The number of rotatable bonds is 4. The maximum atomic E-state index is 11.8. The minimum Gasteiger partial charge on any atom is -0.325 e. The second-order valence-electron chi connectivity index (χ2n) is 3.92. The third kappa shape index (κ3) is 4.19. The molecule has 0 fully saturated rings. The molecule has 2 rings (SSSR count). The normalized spacial score (nSPS) is 10.2. The third-order valence-corrected chi connectivity index (χ3v) is 3.01. The zero-order valence-corrected chi connectivity index (χ0v) is 11.4. The molecule has 1 aromatic heterocycles. The highest BCUT2D eigenvalue weighted by Gasteiger charge is 2.06. The number of carbonyl (C=O) groups is 1. The molecule has 4 nitrogen and oxygen atoms in total. The first-order valence-corrected chi connectivity index (χ1v) is 6.39. The summed E-state index contributed by atoms with van der Waals surface area (Å²) in [4.78, 5) is 19.6. The van der Waals surface area contributed by atoms with Gasteiger partial charge in [0.05, 0.1) is 10.7 Å². The molecule has 1 amide bonds. The number of carbonyl (C=O) groups excluding carboxylic acids is 1. The Morgan fingerprint density at radius 1 is 1.21 bits per heavy atom. The molecule has 0 bridgehead atoms. The fourth-order valence-electron chi connectivity index (χ4n) is 1.52. The number of aromatic nitrogens is 2. The standard InChI is InChI=1S/C13H11Cl2N3O/c14-10-2-3-12(11(15)5-10)18-13(19)4-1-9-6-16-8-17-7-9/h2-3,5-8H,1,4H2,(H,18,19). The molecular formula is C13H11Cl2N3O. The lowest BCUT2D eigenvalue weighted by atomic mass is 10.2. The number of halogens is 2. The average Bonchev–Trinajstić information content (AvgIpc) is 2.41. The lowest BCUT2D eigenvalue weighted by Crippen LogP contribution is -2.12. The molecule has 0 saturated heterocycles. The number of anilines is 1. The molecule has 0 unspecified atom stereocenters. The fourth-order valence-corrected chi connectivity index (χ4v) is 1.98. The molecule has 0 radical (unpaired) electrons. The van der Waals surface area contributed by atoms with Crippen molar-refractivity contribution in [1.29, 1.82) is 0 Å². The number of amides is 1. The molecule has 0 aliphatic heterocycles. The van der Waals surface area contributed by atoms with E-state index in [1.807, 2.05) is 0 Å². The van der Waals surface area contributed by atoms with Crippen molar-refractivity contribution in [3.63, 3.8) is 0 Å². The molecule has 0 atom stereocenters. The lowest BCUT2D eigenvalue weighted by Gasteiger charge is -2.07. The molecule has 0 saturated carbocycles. The van der Waals surface area contributed by atoms with Crippen LogP contribution in [0.25, 0.3) is 0 Å². The SMILES string of the molecule is O=C(CCc1cncnc1)Nc1ccc(Cl)cc1Cl. The molecule has 2 aromatic rings. The monoisotopic (exact) mass is 295 g/mol. The van der Waals surface area contributed by atoms with Gasteiger partial charge in [-0.05, 0) is 30.2 Å². The van der Waals surface area contributed by atoms with Crippen LogP contribution in [-0.4, -0.2) is 15.9 Å². The zero-order chi connectivity index (χ0) is 13.7. The quantitative estimate of drug-likeness (QED) is 0.941. The van der Waals surface area contributed by atoms with Crippen LogP contribution in [0.2, 0.25) is 10.0 Å². The molecule has 6 heteroatoms. The average molecular weight is 296 g/mol. The van der Waals surface area contributed by atoms with E-state index < -0.39 is 0 Å². The van der Waals surface area contributed by atoms with E-state index in [9.17, 15) is 4.79 Å². The summed E-state index contributed by atoms with van der Waals surface area (Å²) >= 11 is 11.8. The van der Waals surface area contributed by atoms with Crippen LogP contribution in [0, 0.1) is 0 Å². The number of benzene rings is 1. The van der Waals surface area contributed by atoms with Crippen molar-refractivity contribution < 1.29 is 4.79 Å². The fraction of sp³-hybridized carbons (Fsp3) is 0.154. The lowest BCUT2D eigenvalue weighted by molar-refractivity contribution is -0.116. The van der Waals surface area contributed by atoms with Gasteiger partial charge in [-0.1, -0.05) is 23.2 Å². The maximum Gasteiger partial charge on any atom is 0.224 e. The number of hydrogen-bond donors (Lipinski definition) is 1. The van der Waals surface area contributed by atoms with Gasteiger partial charge in [0.1, 0.15) is 6.33 Å². The summed E-state index contributed by atoms with van der Waals surface area (Å²) in [5, 5.41) is 3.69. The van der Waals surface area contributed by atoms with Gasteiger partial charge < -0.3 is 5.32 Å². The number of hydrogen-bond acceptors (Lipinski definition) is 3. The molecular weight excluding hydrogens is 285 g/mol. The Morgan fingerprint density at radius 2 is 1.95 bits per heavy atom. The van der Waals surface area contributed by atoms with Crippen molar-refractivity contribution in [3.05, 3.63) is 52.5 Å². The van der Waals surface area contributed by atoms with Gasteiger partial charge in [0.15, 0.2) is 0 Å². The molecule has 98 valence electrons. The maximum absolute atomic E-state index is 11.8. The van der Waals surface area contributed by atoms with E-state index in [2.05, 4.69) is 15.3 Å². The Bertz CT molecular complexity index is 575. The highest BCUT2D eigenvalue weighted by molar-refractivity contribution is 6.36. The van der Waals surface area contributed by atoms with Crippen molar-refractivity contribution in [2.45, 2.75) is 12.8 Å². The van der Waals surface area contributed by atoms with E-state index in [4.69, 9.17) is 23.2 Å². The van der Waals surface area contributed by atoms with Gasteiger partial charge in [-0.15, -0.1) is 0 Å². The highest BCUT2D eigenvalue weighted by Crippen LogP contribution is 2.25. The molecule has 1 N–H and O–H groups in total. The first kappa shape index (κ1) is 13.8. The first-order chi connectivity index (χ1) is 9.15. The van der Waals surface area contributed by atoms with Gasteiger partial charge in [-0.25, -0.2) is 9.97 Å². The van der Waals surface area contributed by atoms with E-state index in [1.54, 1.807) is 30.6 Å². The van der Waals surface area contributed by atoms with Crippen LogP contribution < -0.4 is 5.32 Å². The van der Waals surface area contributed by atoms with Crippen molar-refractivity contribution in [3.8, 4) is 0 Å². The van der Waals surface area contributed by atoms with Crippen LogP contribution in [0.4, 0.5) is 5.69 Å². The van der Waals surface area contributed by atoms with E-state index in [0.29, 0.717) is 28.6 Å². The summed E-state index contributed by atoms with van der Waals surface area (Å²) in [6.45, 7) is 0. The van der Waals surface area contributed by atoms with Gasteiger partial charge in [0, 0.05) is 23.8 Å². The molecule has 0 spiro atoms. The summed E-state index contributed by atoms with van der Waals surface area (Å²) in [6, 6.07) is 4.94. The predicted octanol–water partition coefficient (Wildman–Crippen LogP) is 3.35. The smallest absolute Gasteiger partial charge is 0.224 e. The second kappa shape index (κ2) is 6.50. The number of nitrogens with zero attached hydrogens (tertiary/aromatic N) is 2. The zero-order valence-electron chi connectivity index (χ0n) is 9.94. The van der Waals surface area contributed by atoms with Gasteiger partial charge >= 0.3 is 0 Å². The molecule has 0 aliphatic carbocycles. The van der Waals surface area contributed by atoms with E-state index >= 15 is 0 Å². The van der Waals surface area contributed by atoms with Crippen LogP contribution >= 0.6 is 23.2 Å². The number of nitrogens with one attached hydrogen (secondary N) is 1. The third-order valence-electron chi connectivity index (χ3n) is 2.46. The molecule has 1 heterocycles. The van der Waals surface area contributed by atoms with Crippen LogP contribution in [0.1, 0.15) is 12.0 Å². The largest absolute Gasteiger partial charge is 0.325 e. The van der Waals surface area contributed by atoms with Gasteiger partial charge in [0.2, 0.25) is 5.91 Å². The van der Waals surface area contributed by atoms with Crippen LogP contribution in [0.5, 0.6) is 0 Å². The van der Waals surface area contributed by atoms with Crippen molar-refractivity contribution in [1.82, 2.24) is 9.97 Å². The minimum atomic E-state index is -0.118. The summed E-state index contributed by atoms with van der Waals surface area (Å²) in [6.07, 6.45) is 5.76. The molecule has 0 aliphatic rings. The summed E-state index contributed by atoms with van der Waals surface area (Å²) < 4.78 is 0. The molecule has 1 aromatic carbocycles. The predicted molar refractivity (Wildman–Crippen MR) is 75.4 cm³/mol. The summed E-state index contributed by atoms with van der Waals surface area (Å²) in [5.74, 6) is -0.118. The first-order valence-electron chi connectivity index (χ1n) is 5.64. The summed E-state index contributed by atoms with van der Waals surface area (Å²) in [5.41, 5.74) is 1.47. The topological polar surface area (TPSA) is 54.9 Å².